The first-order chi connectivity index (χ1) is 10.8. The molecule has 1 nitrogen and oxygen atoms in total. The normalized spacial score (nSPS) is 12.1. The molecule has 0 fully saturated rings. The predicted molar refractivity (Wildman–Crippen MR) is 91.7 cm³/mol. The van der Waals surface area contributed by atoms with Crippen LogP contribution in [0.3, 0.4) is 0 Å². The molecule has 0 aromatic heterocycles. The third-order valence-corrected chi connectivity index (χ3v) is 4.05. The van der Waals surface area contributed by atoms with E-state index in [-0.39, 0.29) is 6.10 Å². The Balaban J connectivity index is 1.88. The van der Waals surface area contributed by atoms with E-state index < -0.39 is 0 Å². The second-order valence-corrected chi connectivity index (χ2v) is 5.63. The van der Waals surface area contributed by atoms with Crippen LogP contribution in [0.4, 0.5) is 0 Å². The van der Waals surface area contributed by atoms with Crippen LogP contribution in [0.2, 0.25) is 0 Å². The molecular formula is C20H17OSi. The summed E-state index contributed by atoms with van der Waals surface area (Å²) in [5.41, 5.74) is 5.96. The van der Waals surface area contributed by atoms with E-state index in [2.05, 4.69) is 78.1 Å². The van der Waals surface area contributed by atoms with Crippen LogP contribution in [0, 0.1) is 6.92 Å². The Morgan fingerprint density at radius 3 is 1.73 bits per heavy atom. The molecule has 1 unspecified atom stereocenters. The van der Waals surface area contributed by atoms with E-state index in [0.29, 0.717) is 0 Å². The lowest BCUT2D eigenvalue weighted by molar-refractivity contribution is 0.273. The molecule has 0 N–H and O–H groups in total. The van der Waals surface area contributed by atoms with Gasteiger partial charge in [0.25, 0.3) is 0 Å². The van der Waals surface area contributed by atoms with Crippen molar-refractivity contribution in [2.45, 2.75) is 13.0 Å². The number of rotatable bonds is 4. The lowest BCUT2D eigenvalue weighted by atomic mass is 9.98. The minimum absolute atomic E-state index is 0.107. The first-order valence-corrected chi connectivity index (χ1v) is 7.73. The van der Waals surface area contributed by atoms with Gasteiger partial charge in [0.15, 0.2) is 0 Å². The molecule has 2 heteroatoms. The highest BCUT2D eigenvalue weighted by Gasteiger charge is 2.12. The summed E-state index contributed by atoms with van der Waals surface area (Å²) in [6.07, 6.45) is -0.107. The van der Waals surface area contributed by atoms with Crippen molar-refractivity contribution < 1.29 is 4.43 Å². The second-order valence-electron chi connectivity index (χ2n) is 5.40. The van der Waals surface area contributed by atoms with Crippen LogP contribution in [0.25, 0.3) is 11.1 Å². The molecule has 0 aliphatic heterocycles. The maximum absolute atomic E-state index is 5.49. The average Bonchev–Trinajstić information content (AvgIpc) is 2.58. The largest absolute Gasteiger partial charge is 0.408 e. The van der Waals surface area contributed by atoms with E-state index in [9.17, 15) is 0 Å². The van der Waals surface area contributed by atoms with E-state index in [1.165, 1.54) is 16.7 Å². The zero-order chi connectivity index (χ0) is 15.4. The van der Waals surface area contributed by atoms with Crippen molar-refractivity contribution in [2.75, 3.05) is 0 Å². The van der Waals surface area contributed by atoms with Crippen molar-refractivity contribution in [2.24, 2.45) is 0 Å². The van der Waals surface area contributed by atoms with Crippen molar-refractivity contribution in [3.63, 3.8) is 0 Å². The Hall–Kier alpha value is -2.16. The summed E-state index contributed by atoms with van der Waals surface area (Å²) >= 11 is 0. The zero-order valence-electron chi connectivity index (χ0n) is 12.5. The summed E-state index contributed by atoms with van der Waals surface area (Å²) in [5.74, 6) is 0. The van der Waals surface area contributed by atoms with Gasteiger partial charge >= 0.3 is 0 Å². The summed E-state index contributed by atoms with van der Waals surface area (Å²) in [5, 5.41) is 0. The summed E-state index contributed by atoms with van der Waals surface area (Å²) in [6, 6.07) is 27.3. The van der Waals surface area contributed by atoms with Gasteiger partial charge in [0.1, 0.15) is 0 Å². The third-order valence-electron chi connectivity index (χ3n) is 3.82. The predicted octanol–water partition coefficient (Wildman–Crippen LogP) is 4.85. The number of hydrogen-bond acceptors (Lipinski definition) is 1. The van der Waals surface area contributed by atoms with Gasteiger partial charge in [-0.15, -0.1) is 0 Å². The Morgan fingerprint density at radius 1 is 0.682 bits per heavy atom. The van der Waals surface area contributed by atoms with Gasteiger partial charge in [-0.2, -0.15) is 0 Å². The molecule has 0 spiro atoms. The summed E-state index contributed by atoms with van der Waals surface area (Å²) < 4.78 is 5.49. The standard InChI is InChI=1S/C20H17OSi/c1-15-7-9-16(10-8-15)17-11-13-19(14-12-17)20(21-22)18-5-3-2-4-6-18/h2-14,20H,1H3. The zero-order valence-corrected chi connectivity index (χ0v) is 13.5. The van der Waals surface area contributed by atoms with Crippen LogP contribution >= 0.6 is 0 Å². The minimum Gasteiger partial charge on any atom is -0.408 e. The Morgan fingerprint density at radius 2 is 1.18 bits per heavy atom. The molecule has 0 saturated carbocycles. The van der Waals surface area contributed by atoms with Crippen LogP contribution in [0.15, 0.2) is 78.9 Å². The van der Waals surface area contributed by atoms with Gasteiger partial charge in [-0.3, -0.25) is 0 Å². The van der Waals surface area contributed by atoms with E-state index >= 15 is 0 Å². The van der Waals surface area contributed by atoms with Crippen LogP contribution in [-0.2, 0) is 4.43 Å². The van der Waals surface area contributed by atoms with E-state index in [1.54, 1.807) is 0 Å². The van der Waals surface area contributed by atoms with E-state index in [4.69, 9.17) is 4.43 Å². The topological polar surface area (TPSA) is 9.23 Å². The van der Waals surface area contributed by atoms with Crippen molar-refractivity contribution >= 4 is 10.5 Å². The molecule has 3 aromatic carbocycles. The fourth-order valence-electron chi connectivity index (χ4n) is 2.55. The maximum Gasteiger partial charge on any atom is 0.247 e. The molecular weight excluding hydrogens is 284 g/mol. The molecule has 0 aliphatic rings. The van der Waals surface area contributed by atoms with Crippen molar-refractivity contribution in [1.29, 1.82) is 0 Å². The Kier molecular flexibility index (Phi) is 4.52. The molecule has 3 radical (unpaired) electrons. The molecule has 0 bridgehead atoms. The van der Waals surface area contributed by atoms with Gasteiger partial charge in [0, 0.05) is 0 Å². The molecule has 22 heavy (non-hydrogen) atoms. The first kappa shape index (κ1) is 14.8. The molecule has 0 saturated heterocycles. The second kappa shape index (κ2) is 6.73. The van der Waals surface area contributed by atoms with Gasteiger partial charge in [-0.25, -0.2) is 0 Å². The monoisotopic (exact) mass is 301 g/mol. The van der Waals surface area contributed by atoms with Crippen molar-refractivity contribution in [3.8, 4) is 11.1 Å². The highest BCUT2D eigenvalue weighted by Crippen LogP contribution is 2.27. The quantitative estimate of drug-likeness (QED) is 0.626. The molecule has 3 rings (SSSR count). The fourth-order valence-corrected chi connectivity index (χ4v) is 2.82. The highest BCUT2D eigenvalue weighted by molar-refractivity contribution is 5.98. The Bertz CT molecular complexity index is 718. The molecule has 0 aliphatic carbocycles. The molecule has 0 heterocycles. The smallest absolute Gasteiger partial charge is 0.247 e. The van der Waals surface area contributed by atoms with Crippen molar-refractivity contribution in [3.05, 3.63) is 95.6 Å². The summed E-state index contributed by atoms with van der Waals surface area (Å²) in [7, 11) is 3.21. The van der Waals surface area contributed by atoms with Gasteiger partial charge in [-0.05, 0) is 29.2 Å². The van der Waals surface area contributed by atoms with Gasteiger partial charge < -0.3 is 4.43 Å². The van der Waals surface area contributed by atoms with Crippen LogP contribution in [-0.4, -0.2) is 10.5 Å². The van der Waals surface area contributed by atoms with Crippen molar-refractivity contribution in [1.82, 2.24) is 0 Å². The highest BCUT2D eigenvalue weighted by atomic mass is 28.2. The number of aryl methyl sites for hydroxylation is 1. The van der Waals surface area contributed by atoms with Gasteiger partial charge in [-0.1, -0.05) is 84.4 Å². The summed E-state index contributed by atoms with van der Waals surface area (Å²) in [4.78, 5) is 0. The minimum atomic E-state index is -0.107. The first-order valence-electron chi connectivity index (χ1n) is 7.32. The van der Waals surface area contributed by atoms with Gasteiger partial charge in [0.2, 0.25) is 10.5 Å². The van der Waals surface area contributed by atoms with Crippen LogP contribution in [0.5, 0.6) is 0 Å². The van der Waals surface area contributed by atoms with Crippen LogP contribution in [0.1, 0.15) is 22.8 Å². The molecule has 0 amide bonds. The lowest BCUT2D eigenvalue weighted by Gasteiger charge is -2.17. The molecule has 3 aromatic rings. The van der Waals surface area contributed by atoms with E-state index in [0.717, 1.165) is 11.1 Å². The molecule has 107 valence electrons. The fraction of sp³-hybridized carbons (Fsp3) is 0.100. The lowest BCUT2D eigenvalue weighted by Crippen LogP contribution is -2.03. The van der Waals surface area contributed by atoms with Gasteiger partial charge in [0.05, 0.1) is 6.10 Å². The summed E-state index contributed by atoms with van der Waals surface area (Å²) in [6.45, 7) is 2.10. The average molecular weight is 301 g/mol. The van der Waals surface area contributed by atoms with Crippen LogP contribution < -0.4 is 0 Å². The number of hydrogen-bond donors (Lipinski definition) is 0. The Labute approximate surface area is 135 Å². The third kappa shape index (κ3) is 3.19. The van der Waals surface area contributed by atoms with E-state index in [1.807, 2.05) is 18.2 Å². The maximum atomic E-state index is 5.49. The number of benzene rings is 3. The SMILES string of the molecule is Cc1ccc(-c2ccc(C(O[Si])c3ccccc3)cc2)cc1. The molecule has 1 atom stereocenters.